The minimum absolute atomic E-state index is 0.0690. The van der Waals surface area contributed by atoms with Crippen molar-refractivity contribution < 1.29 is 95.0 Å². The molecule has 0 radical (unpaired) electrons. The molecule has 3 heterocycles. The normalized spacial score (nSPS) is 17.5. The number of ether oxygens (including phenoxy) is 16. The number of methoxy groups -OCH3 is 6. The van der Waals surface area contributed by atoms with Crippen LogP contribution in [0.25, 0.3) is 0 Å². The molecule has 0 amide bonds. The quantitative estimate of drug-likeness (QED) is 0.00881. The van der Waals surface area contributed by atoms with Crippen LogP contribution in [0, 0.1) is 15.4 Å². The van der Waals surface area contributed by atoms with Gasteiger partial charge in [-0.2, -0.15) is 0 Å². The molecule has 7 aromatic carbocycles. The maximum absolute atomic E-state index is 13.1. The van der Waals surface area contributed by atoms with Crippen LogP contribution in [0.5, 0.6) is 40.2 Å². The van der Waals surface area contributed by atoms with Crippen LogP contribution in [0.2, 0.25) is 0 Å². The summed E-state index contributed by atoms with van der Waals surface area (Å²) in [7, 11) is 9.90. The van der Waals surface area contributed by atoms with Gasteiger partial charge >= 0.3 is 23.9 Å². The van der Waals surface area contributed by atoms with Crippen LogP contribution in [0.4, 0.5) is 0 Å². The standard InChI is InChI=1S/C27H37NO4.C26H31NO5.C18H26O5.C14H18O4.C9H11IO2/c1-5-7-17-32-24-10-8-9-22(18-24)25-15-16-28(20(3)26(25)27(29)31-6-2)19-21-11-13-23(30-4)14-12-21;1-5-31-26(28)25-19(2)27(18-20-9-11-22(30-4)12-10-20)14-13-24(25)21-7-6-8-23(17-21)32-16-15-29-3;1-4-21-18(19)17-13(2)22-9-8-16(17)14-6-5-7-15(12-14)23-11-10-20-3;1-4-17-14(15)9-11(2)18-10-12-5-7-13(16-3)8-6-12;1-11-5-6-12-9-4-2-3-8(10)7-9/h8-14,18,20,25-26H,5-7,15-17,19H2,1-4H3;6-14,17,24H,5,15-16,18H2,1-4H3;5-7,12-13,16-17H,4,8-11H2,1-3H3;5-9H,4,10H2,1-3H3;2-4,7H,5-6H2,1H3/b;;;11-9-;/t20-,25+,26+;;13-,16+,17+;;/m0.0../s1. The summed E-state index contributed by atoms with van der Waals surface area (Å²) in [5.41, 5.74) is 8.07. The maximum Gasteiger partial charge on any atom is 0.336 e. The highest BCUT2D eigenvalue weighted by Gasteiger charge is 2.42. The third kappa shape index (κ3) is 33.0. The second kappa shape index (κ2) is 54.4. The number of rotatable bonds is 37. The molecular weight excluding hydrogens is 1600 g/mol. The first-order valence-electron chi connectivity index (χ1n) is 40.2. The number of allylic oxidation sites excluding steroid dienone is 3. The van der Waals surface area contributed by atoms with Gasteiger partial charge in [-0.25, -0.2) is 9.59 Å². The fourth-order valence-electron chi connectivity index (χ4n) is 13.4. The van der Waals surface area contributed by atoms with Crippen molar-refractivity contribution >= 4 is 46.5 Å². The van der Waals surface area contributed by atoms with Crippen LogP contribution >= 0.6 is 22.6 Å². The monoisotopic (exact) mass is 1730 g/mol. The van der Waals surface area contributed by atoms with Gasteiger partial charge < -0.3 is 80.7 Å². The molecule has 636 valence electrons. The van der Waals surface area contributed by atoms with Crippen LogP contribution in [-0.4, -0.2) is 174 Å². The Bertz CT molecular complexity index is 4130. The lowest BCUT2D eigenvalue weighted by atomic mass is 9.76. The molecule has 0 saturated carbocycles. The van der Waals surface area contributed by atoms with Crippen molar-refractivity contribution in [3.63, 3.8) is 0 Å². The van der Waals surface area contributed by atoms with Crippen LogP contribution < -0.4 is 33.2 Å². The first-order valence-corrected chi connectivity index (χ1v) is 41.3. The number of hydrogen-bond donors (Lipinski definition) is 0. The summed E-state index contributed by atoms with van der Waals surface area (Å²) in [6, 6.07) is 55.6. The molecule has 0 aromatic heterocycles. The zero-order valence-corrected chi connectivity index (χ0v) is 73.2. The predicted octanol–water partition coefficient (Wildman–Crippen LogP) is 17.9. The number of benzene rings is 7. The van der Waals surface area contributed by atoms with E-state index in [1.165, 1.54) is 15.2 Å². The van der Waals surface area contributed by atoms with Gasteiger partial charge in [-0.05, 0) is 228 Å². The first kappa shape index (κ1) is 96.2. The second-order valence-electron chi connectivity index (χ2n) is 27.5. The molecule has 7 atom stereocenters. The SMILES string of the molecule is CCCCOc1cccc([C@H]2CCN(Cc3ccc(OC)cc3)[C@@H](C)[C@H]2C(=O)OCC)c1.CCOC(=O)/C=C(/C)OCc1ccc(OC)cc1.CCOC(=O)C1=C(C)N(Cc2ccc(OC)cc2)C=CC1c1cccc(OCCOC)c1.CCOC(=O)[C@@H]1[C@H](C)OCC[C@@H]1c1cccc(OCCOC)c1.COCCOc1cccc(I)c1. The van der Waals surface area contributed by atoms with E-state index in [2.05, 4.69) is 70.5 Å². The van der Waals surface area contributed by atoms with E-state index < -0.39 is 0 Å². The van der Waals surface area contributed by atoms with Crippen molar-refractivity contribution in [1.82, 2.24) is 9.80 Å². The molecule has 2 fully saturated rings. The van der Waals surface area contributed by atoms with Crippen molar-refractivity contribution in [1.29, 1.82) is 0 Å². The van der Waals surface area contributed by atoms with E-state index in [4.69, 9.17) is 75.8 Å². The van der Waals surface area contributed by atoms with Gasteiger partial charge in [-0.3, -0.25) is 14.5 Å². The molecular formula is C94H123IN2O20. The van der Waals surface area contributed by atoms with E-state index in [9.17, 15) is 19.2 Å². The molecule has 0 spiro atoms. The lowest BCUT2D eigenvalue weighted by Crippen LogP contribution is -2.49. The topological polar surface area (TPSA) is 222 Å². The number of halogens is 1. The molecule has 117 heavy (non-hydrogen) atoms. The number of carbonyl (C=O) groups is 4. The van der Waals surface area contributed by atoms with E-state index in [1.54, 1.807) is 56.5 Å². The van der Waals surface area contributed by atoms with Crippen LogP contribution in [0.1, 0.15) is 139 Å². The number of unbranched alkanes of at least 4 members (excludes halogenated alkanes) is 1. The number of piperidine rings is 1. The van der Waals surface area contributed by atoms with E-state index in [1.807, 2.05) is 192 Å². The van der Waals surface area contributed by atoms with Gasteiger partial charge in [0.05, 0.1) is 104 Å². The first-order chi connectivity index (χ1) is 56.8. The Hall–Kier alpha value is -9.63. The minimum Gasteiger partial charge on any atom is -0.497 e. The summed E-state index contributed by atoms with van der Waals surface area (Å²) in [4.78, 5) is 54.0. The van der Waals surface area contributed by atoms with E-state index in [0.29, 0.717) is 97.2 Å². The summed E-state index contributed by atoms with van der Waals surface area (Å²) >= 11 is 2.26. The lowest BCUT2D eigenvalue weighted by Gasteiger charge is -2.43. The van der Waals surface area contributed by atoms with E-state index in [-0.39, 0.29) is 65.6 Å². The second-order valence-corrected chi connectivity index (χ2v) is 28.8. The van der Waals surface area contributed by atoms with Crippen molar-refractivity contribution in [3.05, 3.63) is 242 Å². The van der Waals surface area contributed by atoms with Crippen molar-refractivity contribution in [2.75, 3.05) is 128 Å². The molecule has 3 aliphatic heterocycles. The Kier molecular flexibility index (Phi) is 44.7. The number of esters is 4. The smallest absolute Gasteiger partial charge is 0.336 e. The van der Waals surface area contributed by atoms with Gasteiger partial charge in [0.1, 0.15) is 72.4 Å². The molecule has 3 aliphatic rings. The summed E-state index contributed by atoms with van der Waals surface area (Å²) in [5, 5.41) is 0. The average Bonchev–Trinajstić information content (AvgIpc) is 0.794. The Morgan fingerprint density at radius 3 is 1.43 bits per heavy atom. The summed E-state index contributed by atoms with van der Waals surface area (Å²) in [6.45, 7) is 26.1. The van der Waals surface area contributed by atoms with Gasteiger partial charge in [-0.1, -0.05) is 98.3 Å². The third-order valence-electron chi connectivity index (χ3n) is 19.5. The molecule has 7 aromatic rings. The fourth-order valence-corrected chi connectivity index (χ4v) is 13.9. The minimum atomic E-state index is -0.385. The Morgan fingerprint density at radius 2 is 0.940 bits per heavy atom. The van der Waals surface area contributed by atoms with E-state index >= 15 is 0 Å². The lowest BCUT2D eigenvalue weighted by molar-refractivity contribution is -0.158. The average molecular weight is 1730 g/mol. The predicted molar refractivity (Wildman–Crippen MR) is 462 cm³/mol. The highest BCUT2D eigenvalue weighted by Crippen LogP contribution is 2.42. The van der Waals surface area contributed by atoms with Gasteiger partial charge in [-0.15, -0.1) is 0 Å². The summed E-state index contributed by atoms with van der Waals surface area (Å²) in [5.74, 6) is 4.84. The van der Waals surface area contributed by atoms with Crippen molar-refractivity contribution in [2.45, 2.75) is 138 Å². The molecule has 0 N–H and O–H groups in total. The largest absolute Gasteiger partial charge is 0.497 e. The van der Waals surface area contributed by atoms with E-state index in [0.717, 1.165) is 119 Å². The zero-order chi connectivity index (χ0) is 84.7. The van der Waals surface area contributed by atoms with Crippen molar-refractivity contribution in [3.8, 4) is 40.2 Å². The Morgan fingerprint density at radius 1 is 0.487 bits per heavy atom. The maximum atomic E-state index is 13.1. The number of likely N-dealkylation sites (tertiary alicyclic amines) is 1. The molecule has 22 nitrogen and oxygen atoms in total. The number of nitrogens with zero attached hydrogens (tertiary/aromatic N) is 2. The Labute approximate surface area is 707 Å². The molecule has 0 bridgehead atoms. The summed E-state index contributed by atoms with van der Waals surface area (Å²) < 4.78 is 86.5. The molecule has 23 heteroatoms. The Balaban J connectivity index is 0.000000236. The number of hydrogen-bond acceptors (Lipinski definition) is 22. The fraction of sp³-hybridized carbons (Fsp3) is 0.447. The van der Waals surface area contributed by atoms with Crippen molar-refractivity contribution in [2.24, 2.45) is 11.8 Å². The van der Waals surface area contributed by atoms with Crippen LogP contribution in [-0.2, 0) is 81.5 Å². The van der Waals surface area contributed by atoms with Gasteiger partial charge in [0.15, 0.2) is 0 Å². The highest BCUT2D eigenvalue weighted by molar-refractivity contribution is 14.1. The van der Waals surface area contributed by atoms with Gasteiger partial charge in [0.2, 0.25) is 0 Å². The van der Waals surface area contributed by atoms with Crippen LogP contribution in [0.3, 0.4) is 0 Å². The zero-order valence-electron chi connectivity index (χ0n) is 71.0. The summed E-state index contributed by atoms with van der Waals surface area (Å²) in [6.07, 6.45) is 9.12. The molecule has 2 saturated heterocycles. The molecule has 0 aliphatic carbocycles. The highest BCUT2D eigenvalue weighted by atomic mass is 127. The number of carbonyl (C=O) groups excluding carboxylic acids is 4. The third-order valence-corrected chi connectivity index (χ3v) is 20.2. The van der Waals surface area contributed by atoms with Gasteiger partial charge in [0, 0.05) is 80.3 Å². The van der Waals surface area contributed by atoms with Gasteiger partial charge in [0.25, 0.3) is 0 Å². The van der Waals surface area contributed by atoms with Crippen LogP contribution in [0.15, 0.2) is 205 Å². The molecule has 1 unspecified atom stereocenters. The molecule has 10 rings (SSSR count).